The maximum atomic E-state index is 12.8. The van der Waals surface area contributed by atoms with Crippen molar-refractivity contribution in [3.05, 3.63) is 41.6 Å². The molecule has 0 saturated carbocycles. The highest BCUT2D eigenvalue weighted by Crippen LogP contribution is 2.31. The van der Waals surface area contributed by atoms with Crippen LogP contribution < -0.4 is 10.2 Å². The molecule has 134 valence electrons. The molecule has 0 bridgehead atoms. The zero-order chi connectivity index (χ0) is 18.0. The number of carbonyl (C=O) groups excluding carboxylic acids is 2. The van der Waals surface area contributed by atoms with Gasteiger partial charge in [0.05, 0.1) is 0 Å². The Hall–Kier alpha value is -2.30. The van der Waals surface area contributed by atoms with Gasteiger partial charge in [0.1, 0.15) is 6.04 Å². The number of carbonyl (C=O) groups is 2. The van der Waals surface area contributed by atoms with Crippen LogP contribution in [0.5, 0.6) is 0 Å². The summed E-state index contributed by atoms with van der Waals surface area (Å²) in [6.45, 7) is 10.7. The lowest BCUT2D eigenvalue weighted by Gasteiger charge is -2.30. The minimum atomic E-state index is -0.392. The summed E-state index contributed by atoms with van der Waals surface area (Å²) < 4.78 is 0. The number of benzene rings is 1. The Morgan fingerprint density at radius 1 is 1.24 bits per heavy atom. The average molecular weight is 341 g/mol. The second-order valence-corrected chi connectivity index (χ2v) is 6.91. The van der Waals surface area contributed by atoms with Crippen LogP contribution in [0.15, 0.2) is 30.5 Å². The Labute approximate surface area is 149 Å². The van der Waals surface area contributed by atoms with Crippen LogP contribution in [-0.2, 0) is 11.3 Å². The van der Waals surface area contributed by atoms with E-state index in [1.807, 2.05) is 12.1 Å². The number of fused-ring (bicyclic) bond motifs is 1. The molecule has 1 aromatic rings. The summed E-state index contributed by atoms with van der Waals surface area (Å²) in [6.07, 6.45) is 3.56. The van der Waals surface area contributed by atoms with E-state index in [0.717, 1.165) is 49.2 Å². The number of nitrogens with one attached hydrogen (secondary N) is 1. The lowest BCUT2D eigenvalue weighted by molar-refractivity contribution is -0.126. The van der Waals surface area contributed by atoms with E-state index in [4.69, 9.17) is 0 Å². The number of nitrogens with zero attached hydrogens (tertiary/aromatic N) is 2. The van der Waals surface area contributed by atoms with Crippen molar-refractivity contribution in [3.63, 3.8) is 0 Å². The van der Waals surface area contributed by atoms with Gasteiger partial charge in [-0.3, -0.25) is 9.59 Å². The summed E-state index contributed by atoms with van der Waals surface area (Å²) in [5, 5.41) is 2.78. The zero-order valence-electron chi connectivity index (χ0n) is 15.2. The van der Waals surface area contributed by atoms with Crippen LogP contribution in [0.3, 0.4) is 0 Å². The van der Waals surface area contributed by atoms with Crippen molar-refractivity contribution in [3.8, 4) is 0 Å². The van der Waals surface area contributed by atoms with Gasteiger partial charge in [-0.1, -0.05) is 20.4 Å². The van der Waals surface area contributed by atoms with Gasteiger partial charge in [0.15, 0.2) is 0 Å². The van der Waals surface area contributed by atoms with E-state index in [2.05, 4.69) is 36.7 Å². The number of hydrogen-bond acceptors (Lipinski definition) is 3. The first-order valence-electron chi connectivity index (χ1n) is 9.22. The van der Waals surface area contributed by atoms with E-state index in [9.17, 15) is 9.59 Å². The fraction of sp³-hybridized carbons (Fsp3) is 0.500. The topological polar surface area (TPSA) is 52.7 Å². The van der Waals surface area contributed by atoms with Crippen LogP contribution in [0.1, 0.15) is 55.5 Å². The number of allylic oxidation sites excluding steroid dienone is 1. The van der Waals surface area contributed by atoms with Gasteiger partial charge in [-0.05, 0) is 49.4 Å². The number of amides is 2. The summed E-state index contributed by atoms with van der Waals surface area (Å²) in [5.74, 6) is -0.150. The maximum absolute atomic E-state index is 12.8. The van der Waals surface area contributed by atoms with E-state index < -0.39 is 6.04 Å². The average Bonchev–Trinajstić information content (AvgIpc) is 2.91. The van der Waals surface area contributed by atoms with Crippen LogP contribution in [0.2, 0.25) is 0 Å². The van der Waals surface area contributed by atoms with Gasteiger partial charge in [0, 0.05) is 36.6 Å². The molecule has 5 heteroatoms. The normalized spacial score (nSPS) is 19.8. The number of hydrogen-bond donors (Lipinski definition) is 1. The Kier molecular flexibility index (Phi) is 5.11. The van der Waals surface area contributed by atoms with Crippen molar-refractivity contribution in [1.29, 1.82) is 0 Å². The molecule has 2 aliphatic rings. The third kappa shape index (κ3) is 3.41. The minimum Gasteiger partial charge on any atom is -0.372 e. The van der Waals surface area contributed by atoms with E-state index in [1.54, 1.807) is 4.90 Å². The van der Waals surface area contributed by atoms with E-state index in [-0.39, 0.29) is 11.8 Å². The van der Waals surface area contributed by atoms with Gasteiger partial charge in [-0.2, -0.15) is 0 Å². The lowest BCUT2D eigenvalue weighted by atomic mass is 10.0. The van der Waals surface area contributed by atoms with Crippen molar-refractivity contribution in [2.24, 2.45) is 0 Å². The molecular formula is C20H27N3O2. The van der Waals surface area contributed by atoms with Gasteiger partial charge in [0.2, 0.25) is 5.91 Å². The number of piperidine rings is 1. The molecule has 0 spiro atoms. The van der Waals surface area contributed by atoms with E-state index in [1.165, 1.54) is 5.69 Å². The molecule has 0 aromatic heterocycles. The third-order valence-corrected chi connectivity index (χ3v) is 4.97. The fourth-order valence-corrected chi connectivity index (χ4v) is 3.75. The number of rotatable bonds is 6. The summed E-state index contributed by atoms with van der Waals surface area (Å²) in [7, 11) is 0. The van der Waals surface area contributed by atoms with Crippen LogP contribution in [0, 0.1) is 0 Å². The van der Waals surface area contributed by atoms with Gasteiger partial charge >= 0.3 is 0 Å². The largest absolute Gasteiger partial charge is 0.372 e. The van der Waals surface area contributed by atoms with Crippen molar-refractivity contribution >= 4 is 17.5 Å². The van der Waals surface area contributed by atoms with Crippen LogP contribution in [-0.4, -0.2) is 35.8 Å². The molecule has 2 amide bonds. The maximum Gasteiger partial charge on any atom is 0.255 e. The molecule has 25 heavy (non-hydrogen) atoms. The van der Waals surface area contributed by atoms with Crippen molar-refractivity contribution in [2.45, 2.75) is 52.1 Å². The number of anilines is 1. The van der Waals surface area contributed by atoms with Gasteiger partial charge in [-0.25, -0.2) is 0 Å². The highest BCUT2D eigenvalue weighted by atomic mass is 16.2. The molecule has 1 fully saturated rings. The molecule has 2 heterocycles. The molecular weight excluding hydrogens is 314 g/mol. The van der Waals surface area contributed by atoms with E-state index >= 15 is 0 Å². The second kappa shape index (κ2) is 7.30. The fourth-order valence-electron chi connectivity index (χ4n) is 3.75. The Morgan fingerprint density at radius 3 is 2.60 bits per heavy atom. The summed E-state index contributed by atoms with van der Waals surface area (Å²) >= 11 is 0. The molecule has 1 saturated heterocycles. The molecule has 0 radical (unpaired) electrons. The van der Waals surface area contributed by atoms with Crippen LogP contribution in [0.4, 0.5) is 5.69 Å². The molecule has 1 aromatic carbocycles. The third-order valence-electron chi connectivity index (χ3n) is 4.97. The van der Waals surface area contributed by atoms with Gasteiger partial charge in [0.25, 0.3) is 5.91 Å². The van der Waals surface area contributed by atoms with Gasteiger partial charge < -0.3 is 15.1 Å². The molecule has 3 rings (SSSR count). The monoisotopic (exact) mass is 341 g/mol. The highest BCUT2D eigenvalue weighted by Gasteiger charge is 2.38. The molecule has 0 aliphatic carbocycles. The summed E-state index contributed by atoms with van der Waals surface area (Å²) in [5.41, 5.74) is 3.66. The Balaban J connectivity index is 1.81. The summed E-state index contributed by atoms with van der Waals surface area (Å²) in [4.78, 5) is 29.1. The van der Waals surface area contributed by atoms with Crippen molar-refractivity contribution < 1.29 is 9.59 Å². The Bertz CT molecular complexity index is 692. The van der Waals surface area contributed by atoms with Crippen LogP contribution in [0.25, 0.3) is 0 Å². The molecule has 5 nitrogen and oxygen atoms in total. The zero-order valence-corrected chi connectivity index (χ0v) is 15.2. The Morgan fingerprint density at radius 2 is 1.96 bits per heavy atom. The standard InChI is InChI=1S/C20H27N3O2/c1-4-10-22(11-5-2)16-7-8-17-15(12-16)13-23(20(17)25)18-9-6-14(3)21-19(18)24/h7-8,12,18H,3-6,9-11,13H2,1-2H3,(H,21,24). The van der Waals surface area contributed by atoms with Crippen molar-refractivity contribution in [1.82, 2.24) is 10.2 Å². The highest BCUT2D eigenvalue weighted by molar-refractivity contribution is 6.01. The predicted octanol–water partition coefficient (Wildman–Crippen LogP) is 3.06. The van der Waals surface area contributed by atoms with Gasteiger partial charge in [-0.15, -0.1) is 0 Å². The summed E-state index contributed by atoms with van der Waals surface area (Å²) in [6, 6.07) is 5.69. The van der Waals surface area contributed by atoms with Crippen molar-refractivity contribution in [2.75, 3.05) is 18.0 Å². The molecule has 1 unspecified atom stereocenters. The first kappa shape index (κ1) is 17.5. The predicted molar refractivity (Wildman–Crippen MR) is 99.4 cm³/mol. The molecule has 1 atom stereocenters. The minimum absolute atomic E-state index is 0.0354. The first-order chi connectivity index (χ1) is 12.0. The smallest absolute Gasteiger partial charge is 0.255 e. The van der Waals surface area contributed by atoms with Crippen LogP contribution >= 0.6 is 0 Å². The molecule has 1 N–H and O–H groups in total. The SMILES string of the molecule is C=C1CCC(N2Cc3cc(N(CCC)CCC)ccc3C2=O)C(=O)N1. The first-order valence-corrected chi connectivity index (χ1v) is 9.22. The lowest BCUT2D eigenvalue weighted by Crippen LogP contribution is -2.49. The molecule has 2 aliphatic heterocycles. The quantitative estimate of drug-likeness (QED) is 0.865. The van der Waals surface area contributed by atoms with E-state index in [0.29, 0.717) is 13.0 Å². The second-order valence-electron chi connectivity index (χ2n) is 6.91.